The Morgan fingerprint density at radius 1 is 1.21 bits per heavy atom. The van der Waals surface area contributed by atoms with Gasteiger partial charge in [-0.05, 0) is 18.2 Å². The maximum Gasteiger partial charge on any atom is 0.262 e. The van der Waals surface area contributed by atoms with Crippen molar-refractivity contribution in [3.8, 4) is 5.75 Å². The smallest absolute Gasteiger partial charge is 0.262 e. The molecule has 1 N–H and O–H groups in total. The molecule has 1 aromatic heterocycles. The van der Waals surface area contributed by atoms with Gasteiger partial charge in [0.25, 0.3) is 11.5 Å². The van der Waals surface area contributed by atoms with Gasteiger partial charge in [-0.15, -0.1) is 0 Å². The number of rotatable bonds is 2. The Morgan fingerprint density at radius 3 is 2.83 bits per heavy atom. The number of hydrogen-bond acceptors (Lipinski definition) is 4. The normalized spacial score (nSPS) is 16.1. The number of hydrogen-bond donors (Lipinski definition) is 1. The molecule has 3 aromatic rings. The number of nitrogens with zero attached hydrogens (tertiary/aromatic N) is 2. The van der Waals surface area contributed by atoms with E-state index in [1.807, 2.05) is 0 Å². The van der Waals surface area contributed by atoms with E-state index in [2.05, 4.69) is 10.3 Å². The van der Waals surface area contributed by atoms with Gasteiger partial charge in [0.1, 0.15) is 17.6 Å². The van der Waals surface area contributed by atoms with Crippen molar-refractivity contribution in [1.82, 2.24) is 9.55 Å². The van der Waals surface area contributed by atoms with Crippen LogP contribution in [0.2, 0.25) is 0 Å². The summed E-state index contributed by atoms with van der Waals surface area (Å²) in [6.07, 6.45) is 1.27. The average molecular weight is 325 g/mol. The van der Waals surface area contributed by atoms with E-state index in [4.69, 9.17) is 4.74 Å². The minimum atomic E-state index is -0.819. The zero-order valence-electron chi connectivity index (χ0n) is 12.6. The van der Waals surface area contributed by atoms with Gasteiger partial charge < -0.3 is 10.1 Å². The molecular weight excluding hydrogens is 313 g/mol. The zero-order chi connectivity index (χ0) is 16.8. The summed E-state index contributed by atoms with van der Waals surface area (Å²) in [7, 11) is 1.53. The van der Waals surface area contributed by atoms with Crippen molar-refractivity contribution in [2.45, 2.75) is 6.04 Å². The highest BCUT2D eigenvalue weighted by atomic mass is 19.1. The molecule has 7 heteroatoms. The van der Waals surface area contributed by atoms with Crippen LogP contribution in [0.25, 0.3) is 10.9 Å². The molecule has 0 bridgehead atoms. The number of aromatic nitrogens is 2. The molecule has 6 nitrogen and oxygen atoms in total. The first-order valence-corrected chi connectivity index (χ1v) is 7.23. The van der Waals surface area contributed by atoms with Crippen molar-refractivity contribution in [3.05, 3.63) is 64.5 Å². The molecule has 1 aliphatic heterocycles. The first kappa shape index (κ1) is 14.4. The van der Waals surface area contributed by atoms with Gasteiger partial charge in [0, 0.05) is 17.7 Å². The topological polar surface area (TPSA) is 73.2 Å². The molecule has 0 spiro atoms. The summed E-state index contributed by atoms with van der Waals surface area (Å²) < 4.78 is 19.7. The Bertz CT molecular complexity index is 1040. The van der Waals surface area contributed by atoms with Gasteiger partial charge in [0.2, 0.25) is 0 Å². The molecule has 1 atom stereocenters. The highest BCUT2D eigenvalue weighted by Gasteiger charge is 2.33. The van der Waals surface area contributed by atoms with E-state index in [0.29, 0.717) is 17.0 Å². The maximum absolute atomic E-state index is 13.3. The van der Waals surface area contributed by atoms with Crippen molar-refractivity contribution in [1.29, 1.82) is 0 Å². The molecule has 120 valence electrons. The van der Waals surface area contributed by atoms with E-state index in [0.717, 1.165) is 0 Å². The number of benzene rings is 2. The third-order valence-electron chi connectivity index (χ3n) is 4.09. The van der Waals surface area contributed by atoms with Crippen LogP contribution in [0.4, 0.5) is 10.1 Å². The Kier molecular flexibility index (Phi) is 3.09. The molecule has 24 heavy (non-hydrogen) atoms. The Morgan fingerprint density at radius 2 is 2.04 bits per heavy atom. The molecule has 4 rings (SSSR count). The zero-order valence-corrected chi connectivity index (χ0v) is 12.6. The second kappa shape index (κ2) is 5.16. The van der Waals surface area contributed by atoms with Crippen molar-refractivity contribution < 1.29 is 13.9 Å². The standard InChI is InChI=1S/C17H12FN3O3/c1-24-10-3-5-11-14(7-10)20-16(22)15(11)21-8-19-13-6-9(18)2-4-12(13)17(21)23/h2-8,15H,1H3,(H,20,22). The third-order valence-corrected chi connectivity index (χ3v) is 4.09. The molecule has 1 amide bonds. The fourth-order valence-corrected chi connectivity index (χ4v) is 2.92. The van der Waals surface area contributed by atoms with E-state index >= 15 is 0 Å². The highest BCUT2D eigenvalue weighted by Crippen LogP contribution is 2.35. The molecule has 2 heterocycles. The fourth-order valence-electron chi connectivity index (χ4n) is 2.92. The molecule has 0 fully saturated rings. The number of methoxy groups -OCH3 is 1. The largest absolute Gasteiger partial charge is 0.497 e. The molecule has 2 aromatic carbocycles. The van der Waals surface area contributed by atoms with Gasteiger partial charge in [-0.1, -0.05) is 6.07 Å². The van der Waals surface area contributed by atoms with E-state index in [9.17, 15) is 14.0 Å². The van der Waals surface area contributed by atoms with Crippen LogP contribution in [0.3, 0.4) is 0 Å². The molecule has 0 aliphatic carbocycles. The first-order valence-electron chi connectivity index (χ1n) is 7.23. The number of fused-ring (bicyclic) bond motifs is 2. The number of anilines is 1. The summed E-state index contributed by atoms with van der Waals surface area (Å²) in [5.41, 5.74) is 1.11. The average Bonchev–Trinajstić information content (AvgIpc) is 2.90. The van der Waals surface area contributed by atoms with Crippen molar-refractivity contribution in [2.75, 3.05) is 12.4 Å². The van der Waals surface area contributed by atoms with Crippen LogP contribution >= 0.6 is 0 Å². The molecular formula is C17H12FN3O3. The monoisotopic (exact) mass is 325 g/mol. The highest BCUT2D eigenvalue weighted by molar-refractivity contribution is 6.03. The predicted octanol–water partition coefficient (Wildman–Crippen LogP) is 2.09. The summed E-state index contributed by atoms with van der Waals surface area (Å²) in [5.74, 6) is -0.194. The molecule has 1 unspecified atom stereocenters. The Balaban J connectivity index is 1.90. The quantitative estimate of drug-likeness (QED) is 0.783. The van der Waals surface area contributed by atoms with Crippen molar-refractivity contribution in [2.24, 2.45) is 0 Å². The van der Waals surface area contributed by atoms with E-state index in [1.54, 1.807) is 18.2 Å². The third kappa shape index (κ3) is 2.05. The summed E-state index contributed by atoms with van der Waals surface area (Å²) in [6.45, 7) is 0. The number of ether oxygens (including phenoxy) is 1. The number of carbonyl (C=O) groups excluding carboxylic acids is 1. The molecule has 0 saturated carbocycles. The summed E-state index contributed by atoms with van der Waals surface area (Å²) in [6, 6.07) is 8.09. The van der Waals surface area contributed by atoms with Crippen LogP contribution in [0.1, 0.15) is 11.6 Å². The predicted molar refractivity (Wildman–Crippen MR) is 85.7 cm³/mol. The SMILES string of the molecule is COc1ccc2c(c1)NC(=O)C2n1cnc2cc(F)ccc2c1=O. The lowest BCUT2D eigenvalue weighted by Gasteiger charge is -2.13. The van der Waals surface area contributed by atoms with Crippen LogP contribution < -0.4 is 15.6 Å². The van der Waals surface area contributed by atoms with Crippen LogP contribution in [0.15, 0.2) is 47.5 Å². The Hall–Kier alpha value is -3.22. The second-order valence-corrected chi connectivity index (χ2v) is 5.46. The number of carbonyl (C=O) groups is 1. The van der Waals surface area contributed by atoms with Gasteiger partial charge in [-0.25, -0.2) is 9.37 Å². The summed E-state index contributed by atoms with van der Waals surface area (Å²) in [5, 5.41) is 3.00. The minimum Gasteiger partial charge on any atom is -0.497 e. The van der Waals surface area contributed by atoms with E-state index in [-0.39, 0.29) is 16.8 Å². The lowest BCUT2D eigenvalue weighted by molar-refractivity contribution is -0.117. The van der Waals surface area contributed by atoms with E-state index < -0.39 is 17.4 Å². The minimum absolute atomic E-state index is 0.254. The van der Waals surface area contributed by atoms with Crippen molar-refractivity contribution in [3.63, 3.8) is 0 Å². The Labute approximate surface area is 135 Å². The molecule has 0 saturated heterocycles. The fraction of sp³-hybridized carbons (Fsp3) is 0.118. The second-order valence-electron chi connectivity index (χ2n) is 5.46. The van der Waals surface area contributed by atoms with Crippen LogP contribution in [0, 0.1) is 5.82 Å². The lowest BCUT2D eigenvalue weighted by Crippen LogP contribution is -2.30. The molecule has 0 radical (unpaired) electrons. The summed E-state index contributed by atoms with van der Waals surface area (Å²) >= 11 is 0. The number of nitrogens with one attached hydrogen (secondary N) is 1. The van der Waals surface area contributed by atoms with Gasteiger partial charge in [0.05, 0.1) is 30.0 Å². The van der Waals surface area contributed by atoms with Crippen LogP contribution in [-0.2, 0) is 4.79 Å². The van der Waals surface area contributed by atoms with Gasteiger partial charge in [0.15, 0.2) is 0 Å². The van der Waals surface area contributed by atoms with Gasteiger partial charge in [-0.3, -0.25) is 14.2 Å². The van der Waals surface area contributed by atoms with Gasteiger partial charge in [-0.2, -0.15) is 0 Å². The maximum atomic E-state index is 13.3. The van der Waals surface area contributed by atoms with Crippen molar-refractivity contribution >= 4 is 22.5 Å². The van der Waals surface area contributed by atoms with Crippen LogP contribution in [-0.4, -0.2) is 22.6 Å². The van der Waals surface area contributed by atoms with Gasteiger partial charge >= 0.3 is 0 Å². The van der Waals surface area contributed by atoms with Crippen LogP contribution in [0.5, 0.6) is 5.75 Å². The first-order chi connectivity index (χ1) is 11.6. The van der Waals surface area contributed by atoms with E-state index in [1.165, 1.54) is 36.2 Å². The number of amides is 1. The summed E-state index contributed by atoms with van der Waals surface area (Å²) in [4.78, 5) is 29.2. The number of halogens is 1. The molecule has 1 aliphatic rings. The lowest BCUT2D eigenvalue weighted by atomic mass is 10.1.